The number of hydrogen-bond acceptors (Lipinski definition) is 5. The van der Waals surface area contributed by atoms with Crippen molar-refractivity contribution in [2.75, 3.05) is 17.4 Å². The van der Waals surface area contributed by atoms with Gasteiger partial charge in [-0.3, -0.25) is 9.21 Å². The summed E-state index contributed by atoms with van der Waals surface area (Å²) in [6.45, 7) is 12.0. The predicted molar refractivity (Wildman–Crippen MR) is 142 cm³/mol. The number of likely N-dealkylation sites (tertiary alicyclic amines) is 1. The Kier molecular flexibility index (Phi) is 6.45. The number of benzene rings is 2. The van der Waals surface area contributed by atoms with E-state index in [1.54, 1.807) is 10.6 Å². The van der Waals surface area contributed by atoms with Crippen LogP contribution in [0.5, 0.6) is 0 Å². The summed E-state index contributed by atoms with van der Waals surface area (Å²) in [6, 6.07) is 12.0. The Morgan fingerprint density at radius 1 is 1.17 bits per heavy atom. The van der Waals surface area contributed by atoms with Crippen molar-refractivity contribution < 1.29 is 8.42 Å². The van der Waals surface area contributed by atoms with Crippen molar-refractivity contribution in [3.8, 4) is 0 Å². The molecule has 0 saturated carbocycles. The van der Waals surface area contributed by atoms with E-state index in [-0.39, 0.29) is 5.41 Å². The van der Waals surface area contributed by atoms with Crippen LogP contribution in [-0.4, -0.2) is 41.2 Å². The smallest absolute Gasteiger partial charge is 0.264 e. The highest BCUT2D eigenvalue weighted by Crippen LogP contribution is 2.39. The minimum absolute atomic E-state index is 0.234. The Hall–Kier alpha value is -2.71. The second kappa shape index (κ2) is 9.30. The van der Waals surface area contributed by atoms with Crippen molar-refractivity contribution >= 4 is 15.7 Å². The van der Waals surface area contributed by atoms with E-state index in [0.29, 0.717) is 29.5 Å². The zero-order valence-corrected chi connectivity index (χ0v) is 22.8. The van der Waals surface area contributed by atoms with E-state index < -0.39 is 10.0 Å². The molecule has 0 spiro atoms. The molecule has 192 valence electrons. The van der Waals surface area contributed by atoms with Crippen molar-refractivity contribution in [3.63, 3.8) is 0 Å². The fourth-order valence-electron chi connectivity index (χ4n) is 5.69. The zero-order valence-electron chi connectivity index (χ0n) is 22.0. The molecular weight excluding hydrogens is 470 g/mol. The second-order valence-electron chi connectivity index (χ2n) is 11.4. The molecule has 3 aromatic rings. The Morgan fingerprint density at radius 3 is 2.69 bits per heavy atom. The predicted octanol–water partition coefficient (Wildman–Crippen LogP) is 4.58. The van der Waals surface area contributed by atoms with Gasteiger partial charge in [0.2, 0.25) is 0 Å². The van der Waals surface area contributed by atoms with E-state index in [4.69, 9.17) is 0 Å². The number of fused-ring (bicyclic) bond motifs is 1. The largest absolute Gasteiger partial charge is 0.321 e. The third-order valence-corrected chi connectivity index (χ3v) is 9.67. The highest BCUT2D eigenvalue weighted by Gasteiger charge is 2.37. The molecule has 2 aromatic carbocycles. The third-order valence-electron chi connectivity index (χ3n) is 7.83. The van der Waals surface area contributed by atoms with Gasteiger partial charge < -0.3 is 4.57 Å². The summed E-state index contributed by atoms with van der Waals surface area (Å²) in [5.41, 5.74) is 4.60. The number of nitrogens with zero attached hydrogens (tertiary/aromatic N) is 5. The van der Waals surface area contributed by atoms with Gasteiger partial charge in [-0.25, -0.2) is 8.42 Å². The molecule has 0 unspecified atom stereocenters. The van der Waals surface area contributed by atoms with Crippen LogP contribution in [-0.2, 0) is 42.0 Å². The SMILES string of the molecule is Cc1cc(CN2CCC[C@H](C)C2)cc2c1CN(c1cccc(C(C)(C)Cc3nncn3C)c1)S2(=O)=O. The first-order chi connectivity index (χ1) is 17.0. The molecule has 1 atom stereocenters. The molecule has 8 heteroatoms. The van der Waals surface area contributed by atoms with Gasteiger partial charge in [-0.15, -0.1) is 10.2 Å². The highest BCUT2D eigenvalue weighted by atomic mass is 32.2. The zero-order chi connectivity index (χ0) is 25.7. The average molecular weight is 508 g/mol. The van der Waals surface area contributed by atoms with Crippen LogP contribution in [0.15, 0.2) is 47.6 Å². The van der Waals surface area contributed by atoms with Crippen LogP contribution in [0.3, 0.4) is 0 Å². The second-order valence-corrected chi connectivity index (χ2v) is 13.2. The lowest BCUT2D eigenvalue weighted by molar-refractivity contribution is 0.176. The normalized spacial score (nSPS) is 20.0. The molecule has 1 aromatic heterocycles. The number of sulfonamides is 1. The van der Waals surface area contributed by atoms with Crippen LogP contribution >= 0.6 is 0 Å². The van der Waals surface area contributed by atoms with Gasteiger partial charge in [0.25, 0.3) is 10.0 Å². The monoisotopic (exact) mass is 507 g/mol. The standard InChI is InChI=1S/C28H37N5O2S/c1-20-8-7-11-32(16-20)17-22-12-21(2)25-18-33(36(34,35)26(25)13-22)24-10-6-9-23(14-24)28(3,4)15-27-30-29-19-31(27)5/h6,9-10,12-14,19-20H,7-8,11,15-18H2,1-5H3/t20-/m0/s1. The Morgan fingerprint density at radius 2 is 1.97 bits per heavy atom. The first kappa shape index (κ1) is 25.0. The summed E-state index contributed by atoms with van der Waals surface area (Å²) in [7, 11) is -1.68. The van der Waals surface area contributed by atoms with Gasteiger partial charge >= 0.3 is 0 Å². The van der Waals surface area contributed by atoms with E-state index in [1.165, 1.54) is 12.8 Å². The maximum atomic E-state index is 13.8. The molecule has 0 amide bonds. The molecule has 0 bridgehead atoms. The van der Waals surface area contributed by atoms with E-state index in [1.807, 2.05) is 42.8 Å². The van der Waals surface area contributed by atoms with E-state index in [2.05, 4.69) is 48.0 Å². The van der Waals surface area contributed by atoms with Crippen molar-refractivity contribution in [1.82, 2.24) is 19.7 Å². The summed E-state index contributed by atoms with van der Waals surface area (Å²) >= 11 is 0. The number of hydrogen-bond donors (Lipinski definition) is 0. The lowest BCUT2D eigenvalue weighted by Gasteiger charge is -2.31. The highest BCUT2D eigenvalue weighted by molar-refractivity contribution is 7.93. The maximum Gasteiger partial charge on any atom is 0.264 e. The number of aromatic nitrogens is 3. The molecule has 3 heterocycles. The summed E-state index contributed by atoms with van der Waals surface area (Å²) < 4.78 is 31.1. The lowest BCUT2D eigenvalue weighted by Crippen LogP contribution is -2.33. The molecule has 2 aliphatic rings. The number of aryl methyl sites for hydroxylation is 2. The summed E-state index contributed by atoms with van der Waals surface area (Å²) in [6.07, 6.45) is 4.90. The van der Waals surface area contributed by atoms with Crippen LogP contribution < -0.4 is 4.31 Å². The van der Waals surface area contributed by atoms with Crippen LogP contribution in [0.25, 0.3) is 0 Å². The van der Waals surface area contributed by atoms with Gasteiger partial charge in [-0.05, 0) is 78.1 Å². The van der Waals surface area contributed by atoms with Gasteiger partial charge in [0.05, 0.1) is 17.1 Å². The van der Waals surface area contributed by atoms with Crippen LogP contribution in [0.2, 0.25) is 0 Å². The number of anilines is 1. The molecule has 0 N–H and O–H groups in total. The van der Waals surface area contributed by atoms with Gasteiger partial charge in [0.15, 0.2) is 0 Å². The van der Waals surface area contributed by atoms with Gasteiger partial charge in [-0.2, -0.15) is 0 Å². The molecule has 5 rings (SSSR count). The van der Waals surface area contributed by atoms with E-state index in [0.717, 1.165) is 47.7 Å². The summed E-state index contributed by atoms with van der Waals surface area (Å²) in [4.78, 5) is 2.92. The third kappa shape index (κ3) is 4.68. The lowest BCUT2D eigenvalue weighted by atomic mass is 9.81. The van der Waals surface area contributed by atoms with E-state index >= 15 is 0 Å². The van der Waals surface area contributed by atoms with Crippen LogP contribution in [0.4, 0.5) is 5.69 Å². The Bertz CT molecular complexity index is 1380. The van der Waals surface area contributed by atoms with Crippen LogP contribution in [0.1, 0.15) is 61.7 Å². The molecular formula is C28H37N5O2S. The Balaban J connectivity index is 1.42. The molecule has 1 fully saturated rings. The van der Waals surface area contributed by atoms with Crippen molar-refractivity contribution in [2.24, 2.45) is 13.0 Å². The van der Waals surface area contributed by atoms with Gasteiger partial charge in [-0.1, -0.05) is 39.0 Å². The molecule has 0 radical (unpaired) electrons. The van der Waals surface area contributed by atoms with Crippen molar-refractivity contribution in [1.29, 1.82) is 0 Å². The summed E-state index contributed by atoms with van der Waals surface area (Å²) in [5, 5.41) is 8.24. The topological polar surface area (TPSA) is 71.3 Å². The summed E-state index contributed by atoms with van der Waals surface area (Å²) in [5.74, 6) is 1.59. The molecule has 1 saturated heterocycles. The molecule has 2 aliphatic heterocycles. The first-order valence-electron chi connectivity index (χ1n) is 12.9. The quantitative estimate of drug-likeness (QED) is 0.488. The van der Waals surface area contributed by atoms with Gasteiger partial charge in [0.1, 0.15) is 12.2 Å². The molecule has 0 aliphatic carbocycles. The minimum atomic E-state index is -3.63. The fourth-order valence-corrected chi connectivity index (χ4v) is 7.46. The number of rotatable bonds is 6. The average Bonchev–Trinajstić information content (AvgIpc) is 3.33. The Labute approximate surface area is 215 Å². The van der Waals surface area contributed by atoms with E-state index in [9.17, 15) is 8.42 Å². The number of piperidine rings is 1. The molecule has 36 heavy (non-hydrogen) atoms. The van der Waals surface area contributed by atoms with Crippen molar-refractivity contribution in [3.05, 3.63) is 70.8 Å². The maximum absolute atomic E-state index is 13.8. The first-order valence-corrected chi connectivity index (χ1v) is 14.3. The fraction of sp³-hybridized carbons (Fsp3) is 0.500. The van der Waals surface area contributed by atoms with Crippen LogP contribution in [0, 0.1) is 12.8 Å². The molecule has 7 nitrogen and oxygen atoms in total. The minimum Gasteiger partial charge on any atom is -0.321 e. The van der Waals surface area contributed by atoms with Gasteiger partial charge in [0, 0.05) is 26.6 Å². The van der Waals surface area contributed by atoms with Crippen molar-refractivity contribution in [2.45, 2.75) is 70.4 Å².